The lowest BCUT2D eigenvalue weighted by Gasteiger charge is -2.12. The van der Waals surface area contributed by atoms with Gasteiger partial charge in [0.2, 0.25) is 5.78 Å². The van der Waals surface area contributed by atoms with Crippen LogP contribution in [0.3, 0.4) is 0 Å². The first-order valence-electron chi connectivity index (χ1n) is 4.98. The van der Waals surface area contributed by atoms with Crippen molar-refractivity contribution in [3.05, 3.63) is 60.1 Å². The van der Waals surface area contributed by atoms with E-state index in [-0.39, 0.29) is 5.78 Å². The van der Waals surface area contributed by atoms with Gasteiger partial charge in [-0.3, -0.25) is 4.79 Å². The van der Waals surface area contributed by atoms with E-state index in [4.69, 9.17) is 9.15 Å². The minimum absolute atomic E-state index is 0.168. The van der Waals surface area contributed by atoms with Crippen LogP contribution in [0.4, 0.5) is 0 Å². The number of Topliss-reactive ketones (excluding diaryl/α,β-unsaturated/α-hetero) is 1. The van der Waals surface area contributed by atoms with Crippen LogP contribution in [-0.4, -0.2) is 12.9 Å². The largest absolute Gasteiger partial charge is 0.461 e. The highest BCUT2D eigenvalue weighted by Gasteiger charge is 2.23. The second-order valence-corrected chi connectivity index (χ2v) is 3.37. The Kier molecular flexibility index (Phi) is 3.17. The van der Waals surface area contributed by atoms with Crippen LogP contribution in [0, 0.1) is 0 Å². The molecular weight excluding hydrogens is 204 g/mol. The summed E-state index contributed by atoms with van der Waals surface area (Å²) in [5, 5.41) is 0. The highest BCUT2D eigenvalue weighted by atomic mass is 16.5. The van der Waals surface area contributed by atoms with Crippen LogP contribution in [0.5, 0.6) is 0 Å². The van der Waals surface area contributed by atoms with Crippen LogP contribution in [0.2, 0.25) is 0 Å². The molecule has 2 rings (SSSR count). The average molecular weight is 216 g/mol. The first-order valence-corrected chi connectivity index (χ1v) is 4.98. The Morgan fingerprint density at radius 2 is 1.94 bits per heavy atom. The van der Waals surface area contributed by atoms with Crippen LogP contribution in [-0.2, 0) is 4.74 Å². The van der Waals surface area contributed by atoms with Crippen molar-refractivity contribution in [3.63, 3.8) is 0 Å². The Hall–Kier alpha value is -1.87. The maximum Gasteiger partial charge on any atom is 0.231 e. The molecule has 3 heteroatoms. The molecule has 1 aromatic heterocycles. The Morgan fingerprint density at radius 3 is 2.50 bits per heavy atom. The zero-order chi connectivity index (χ0) is 11.4. The molecule has 1 atom stereocenters. The molecule has 2 aromatic rings. The predicted octanol–water partition coefficient (Wildman–Crippen LogP) is 2.85. The third-order valence-electron chi connectivity index (χ3n) is 2.34. The molecule has 0 saturated heterocycles. The van der Waals surface area contributed by atoms with Crippen LogP contribution in [0.25, 0.3) is 0 Å². The molecular formula is C13H12O3. The Bertz CT molecular complexity index is 445. The van der Waals surface area contributed by atoms with E-state index in [1.54, 1.807) is 12.1 Å². The van der Waals surface area contributed by atoms with E-state index in [1.807, 2.05) is 30.3 Å². The van der Waals surface area contributed by atoms with E-state index < -0.39 is 6.10 Å². The molecule has 1 unspecified atom stereocenters. The smallest absolute Gasteiger partial charge is 0.231 e. The molecule has 1 aromatic carbocycles. The molecule has 0 radical (unpaired) electrons. The van der Waals surface area contributed by atoms with Gasteiger partial charge in [0.05, 0.1) is 6.26 Å². The fourth-order valence-electron chi connectivity index (χ4n) is 1.57. The number of furan rings is 1. The highest BCUT2D eigenvalue weighted by molar-refractivity contribution is 5.97. The topological polar surface area (TPSA) is 39.4 Å². The first kappa shape index (κ1) is 10.6. The molecule has 1 heterocycles. The van der Waals surface area contributed by atoms with Gasteiger partial charge in [-0.2, -0.15) is 0 Å². The van der Waals surface area contributed by atoms with Gasteiger partial charge in [0.1, 0.15) is 6.10 Å². The normalized spacial score (nSPS) is 12.3. The predicted molar refractivity (Wildman–Crippen MR) is 59.2 cm³/mol. The van der Waals surface area contributed by atoms with Gasteiger partial charge < -0.3 is 9.15 Å². The van der Waals surface area contributed by atoms with Crippen LogP contribution >= 0.6 is 0 Å². The van der Waals surface area contributed by atoms with Gasteiger partial charge in [-0.1, -0.05) is 30.3 Å². The molecule has 0 fully saturated rings. The molecule has 0 aliphatic carbocycles. The molecule has 0 amide bonds. The quantitative estimate of drug-likeness (QED) is 0.738. The zero-order valence-corrected chi connectivity index (χ0v) is 8.92. The molecule has 0 aliphatic heterocycles. The van der Waals surface area contributed by atoms with Gasteiger partial charge in [0.15, 0.2) is 5.76 Å². The Balaban J connectivity index is 2.27. The lowest BCUT2D eigenvalue weighted by molar-refractivity contribution is 0.0576. The van der Waals surface area contributed by atoms with Crippen molar-refractivity contribution >= 4 is 5.78 Å². The van der Waals surface area contributed by atoms with E-state index in [0.29, 0.717) is 5.76 Å². The van der Waals surface area contributed by atoms with Gasteiger partial charge in [-0.15, -0.1) is 0 Å². The number of hydrogen-bond acceptors (Lipinski definition) is 3. The number of carbonyl (C=O) groups excluding carboxylic acids is 1. The summed E-state index contributed by atoms with van der Waals surface area (Å²) in [6, 6.07) is 12.7. The average Bonchev–Trinajstić information content (AvgIpc) is 2.85. The van der Waals surface area contributed by atoms with Crippen LogP contribution in [0.15, 0.2) is 53.1 Å². The lowest BCUT2D eigenvalue weighted by atomic mass is 10.0. The second-order valence-electron chi connectivity index (χ2n) is 3.37. The van der Waals surface area contributed by atoms with Crippen molar-refractivity contribution in [1.82, 2.24) is 0 Å². The fraction of sp³-hybridized carbons (Fsp3) is 0.154. The SMILES string of the molecule is COC(C(=O)c1ccco1)c1ccccc1. The van der Waals surface area contributed by atoms with Gasteiger partial charge in [-0.25, -0.2) is 0 Å². The summed E-state index contributed by atoms with van der Waals surface area (Å²) in [7, 11) is 1.51. The number of hydrogen-bond donors (Lipinski definition) is 0. The Morgan fingerprint density at radius 1 is 1.19 bits per heavy atom. The Labute approximate surface area is 93.7 Å². The van der Waals surface area contributed by atoms with E-state index >= 15 is 0 Å². The molecule has 0 bridgehead atoms. The van der Waals surface area contributed by atoms with Crippen molar-refractivity contribution in [3.8, 4) is 0 Å². The molecule has 3 nitrogen and oxygen atoms in total. The third-order valence-corrected chi connectivity index (χ3v) is 2.34. The maximum absolute atomic E-state index is 12.0. The molecule has 0 spiro atoms. The summed E-state index contributed by atoms with van der Waals surface area (Å²) >= 11 is 0. The van der Waals surface area contributed by atoms with Crippen LogP contribution in [0.1, 0.15) is 22.2 Å². The number of ketones is 1. The molecule has 82 valence electrons. The zero-order valence-electron chi connectivity index (χ0n) is 8.92. The van der Waals surface area contributed by atoms with Gasteiger partial charge in [0.25, 0.3) is 0 Å². The van der Waals surface area contributed by atoms with Crippen molar-refractivity contribution in [2.75, 3.05) is 7.11 Å². The summed E-state index contributed by atoms with van der Waals surface area (Å²) in [5.74, 6) is 0.148. The van der Waals surface area contributed by atoms with Crippen molar-refractivity contribution in [2.24, 2.45) is 0 Å². The number of ether oxygens (including phenoxy) is 1. The van der Waals surface area contributed by atoms with Crippen molar-refractivity contribution < 1.29 is 13.9 Å². The third kappa shape index (κ3) is 2.04. The minimum atomic E-state index is -0.604. The van der Waals surface area contributed by atoms with E-state index in [2.05, 4.69) is 0 Å². The van der Waals surface area contributed by atoms with E-state index in [1.165, 1.54) is 13.4 Å². The van der Waals surface area contributed by atoms with Gasteiger partial charge in [-0.05, 0) is 17.7 Å². The van der Waals surface area contributed by atoms with Crippen molar-refractivity contribution in [2.45, 2.75) is 6.10 Å². The minimum Gasteiger partial charge on any atom is -0.461 e. The van der Waals surface area contributed by atoms with Crippen LogP contribution < -0.4 is 0 Å². The van der Waals surface area contributed by atoms with E-state index in [9.17, 15) is 4.79 Å². The summed E-state index contributed by atoms with van der Waals surface area (Å²) < 4.78 is 10.3. The number of rotatable bonds is 4. The number of carbonyl (C=O) groups is 1. The molecule has 0 saturated carbocycles. The molecule has 0 aliphatic rings. The summed E-state index contributed by atoms with van der Waals surface area (Å²) in [4.78, 5) is 12.0. The monoisotopic (exact) mass is 216 g/mol. The summed E-state index contributed by atoms with van der Waals surface area (Å²) in [6.07, 6.45) is 0.873. The standard InChI is InChI=1S/C13H12O3/c1-15-13(10-6-3-2-4-7-10)12(14)11-8-5-9-16-11/h2-9,13H,1H3. The van der Waals surface area contributed by atoms with Crippen molar-refractivity contribution in [1.29, 1.82) is 0 Å². The van der Waals surface area contributed by atoms with Gasteiger partial charge >= 0.3 is 0 Å². The molecule has 16 heavy (non-hydrogen) atoms. The molecule has 0 N–H and O–H groups in total. The number of methoxy groups -OCH3 is 1. The highest BCUT2D eigenvalue weighted by Crippen LogP contribution is 2.21. The lowest BCUT2D eigenvalue weighted by Crippen LogP contribution is -2.14. The first-order chi connectivity index (χ1) is 7.83. The summed E-state index contributed by atoms with van der Waals surface area (Å²) in [6.45, 7) is 0. The maximum atomic E-state index is 12.0. The number of benzene rings is 1. The fourth-order valence-corrected chi connectivity index (χ4v) is 1.57. The second kappa shape index (κ2) is 4.77. The van der Waals surface area contributed by atoms with E-state index in [0.717, 1.165) is 5.56 Å². The summed E-state index contributed by atoms with van der Waals surface area (Å²) in [5.41, 5.74) is 0.825. The van der Waals surface area contributed by atoms with Gasteiger partial charge in [0, 0.05) is 7.11 Å².